The van der Waals surface area contributed by atoms with Gasteiger partial charge in [0.05, 0.1) is 5.02 Å². The molecule has 0 amide bonds. The van der Waals surface area contributed by atoms with Crippen LogP contribution >= 0.6 is 34.8 Å². The summed E-state index contributed by atoms with van der Waals surface area (Å²) in [6.45, 7) is 0. The minimum Gasteiger partial charge on any atom is -0.507 e. The highest BCUT2D eigenvalue weighted by Gasteiger charge is 2.16. The summed E-state index contributed by atoms with van der Waals surface area (Å²) in [5, 5.41) is 10.5. The van der Waals surface area contributed by atoms with E-state index in [0.29, 0.717) is 10.0 Å². The van der Waals surface area contributed by atoms with Gasteiger partial charge >= 0.3 is 5.97 Å². The van der Waals surface area contributed by atoms with Crippen molar-refractivity contribution in [1.82, 2.24) is 0 Å². The van der Waals surface area contributed by atoms with Crippen molar-refractivity contribution in [1.29, 1.82) is 0 Å². The monoisotopic (exact) mass is 316 g/mol. The zero-order valence-electron chi connectivity index (χ0n) is 9.36. The van der Waals surface area contributed by atoms with Crippen molar-refractivity contribution in [3.8, 4) is 11.5 Å². The number of phenolic OH excluding ortho intramolecular Hbond substituents is 1. The quantitative estimate of drug-likeness (QED) is 0.652. The topological polar surface area (TPSA) is 46.5 Å². The summed E-state index contributed by atoms with van der Waals surface area (Å²) in [5.74, 6) is -0.893. The number of benzene rings is 2. The van der Waals surface area contributed by atoms with Gasteiger partial charge in [-0.15, -0.1) is 0 Å². The van der Waals surface area contributed by atoms with Crippen molar-refractivity contribution < 1.29 is 14.6 Å². The number of carbonyl (C=O) groups is 1. The first-order chi connectivity index (χ1) is 8.97. The van der Waals surface area contributed by atoms with Crippen LogP contribution in [0.5, 0.6) is 11.5 Å². The summed E-state index contributed by atoms with van der Waals surface area (Å²) < 4.78 is 5.07. The number of phenols is 1. The summed E-state index contributed by atoms with van der Waals surface area (Å²) in [5.41, 5.74) is -0.0523. The number of rotatable bonds is 2. The molecule has 0 bridgehead atoms. The molecule has 0 radical (unpaired) electrons. The molecule has 3 nitrogen and oxygen atoms in total. The smallest absolute Gasteiger partial charge is 0.347 e. The maximum atomic E-state index is 11.9. The lowest BCUT2D eigenvalue weighted by atomic mass is 10.2. The molecule has 0 aliphatic carbocycles. The van der Waals surface area contributed by atoms with E-state index in [4.69, 9.17) is 39.5 Å². The van der Waals surface area contributed by atoms with E-state index in [1.54, 1.807) is 6.07 Å². The van der Waals surface area contributed by atoms with Gasteiger partial charge in [0.15, 0.2) is 5.75 Å². The standard InChI is InChI=1S/C13H7Cl3O3/c14-7-2-4-11(17)9(5-7)13(18)19-12-6-8(15)1-3-10(12)16/h1-6,17H. The van der Waals surface area contributed by atoms with Gasteiger partial charge in [0.25, 0.3) is 0 Å². The fourth-order valence-electron chi connectivity index (χ4n) is 1.38. The average Bonchev–Trinajstić information content (AvgIpc) is 2.36. The number of aromatic hydroxyl groups is 1. The number of halogens is 3. The Kier molecular flexibility index (Phi) is 4.20. The third-order valence-corrected chi connectivity index (χ3v) is 3.06. The Morgan fingerprint density at radius 3 is 2.37 bits per heavy atom. The lowest BCUT2D eigenvalue weighted by molar-refractivity contribution is 0.0732. The summed E-state index contributed by atoms with van der Waals surface area (Å²) in [6.07, 6.45) is 0. The fraction of sp³-hybridized carbons (Fsp3) is 0. The molecule has 6 heteroatoms. The summed E-state index contributed by atoms with van der Waals surface area (Å²) >= 11 is 17.4. The first kappa shape index (κ1) is 14.0. The minimum absolute atomic E-state index is 0.0523. The van der Waals surface area contributed by atoms with Crippen molar-refractivity contribution in [2.24, 2.45) is 0 Å². The molecule has 0 heterocycles. The van der Waals surface area contributed by atoms with Gasteiger partial charge in [-0.25, -0.2) is 4.79 Å². The van der Waals surface area contributed by atoms with E-state index in [9.17, 15) is 9.90 Å². The highest BCUT2D eigenvalue weighted by Crippen LogP contribution is 2.30. The Hall–Kier alpha value is -1.42. The van der Waals surface area contributed by atoms with Gasteiger partial charge in [-0.1, -0.05) is 34.8 Å². The fourth-order valence-corrected chi connectivity index (χ4v) is 1.87. The molecular weight excluding hydrogens is 310 g/mol. The molecule has 0 aromatic heterocycles. The maximum Gasteiger partial charge on any atom is 0.347 e. The Morgan fingerprint density at radius 1 is 1.00 bits per heavy atom. The highest BCUT2D eigenvalue weighted by atomic mass is 35.5. The normalized spacial score (nSPS) is 10.3. The minimum atomic E-state index is -0.774. The summed E-state index contributed by atoms with van der Waals surface area (Å²) in [7, 11) is 0. The van der Waals surface area contributed by atoms with E-state index in [1.807, 2.05) is 0 Å². The van der Waals surface area contributed by atoms with E-state index >= 15 is 0 Å². The molecular formula is C13H7Cl3O3. The first-order valence-corrected chi connectivity index (χ1v) is 6.26. The van der Waals surface area contributed by atoms with Crippen LogP contribution in [0.2, 0.25) is 15.1 Å². The van der Waals surface area contributed by atoms with Gasteiger partial charge in [0.2, 0.25) is 0 Å². The van der Waals surface area contributed by atoms with Gasteiger partial charge in [0, 0.05) is 16.1 Å². The molecule has 0 unspecified atom stereocenters. The third kappa shape index (κ3) is 3.32. The molecule has 1 N–H and O–H groups in total. The highest BCUT2D eigenvalue weighted by molar-refractivity contribution is 6.34. The molecule has 98 valence electrons. The summed E-state index contributed by atoms with van der Waals surface area (Å²) in [4.78, 5) is 11.9. The van der Waals surface area contributed by atoms with Crippen LogP contribution in [0.1, 0.15) is 10.4 Å². The molecule has 0 aliphatic rings. The van der Waals surface area contributed by atoms with Crippen molar-refractivity contribution in [3.63, 3.8) is 0 Å². The van der Waals surface area contributed by atoms with Gasteiger partial charge < -0.3 is 9.84 Å². The van der Waals surface area contributed by atoms with Crippen LogP contribution in [0.15, 0.2) is 36.4 Å². The predicted molar refractivity (Wildman–Crippen MR) is 74.5 cm³/mol. The van der Waals surface area contributed by atoms with Gasteiger partial charge in [-0.2, -0.15) is 0 Å². The van der Waals surface area contributed by atoms with Crippen LogP contribution in [0.4, 0.5) is 0 Å². The van der Waals surface area contributed by atoms with Crippen LogP contribution in [0.25, 0.3) is 0 Å². The SMILES string of the molecule is O=C(Oc1cc(Cl)ccc1Cl)c1cc(Cl)ccc1O. The third-order valence-electron chi connectivity index (χ3n) is 2.27. The predicted octanol–water partition coefficient (Wildman–Crippen LogP) is 4.57. The lowest BCUT2D eigenvalue weighted by Gasteiger charge is -2.08. The van der Waals surface area contributed by atoms with Crippen LogP contribution < -0.4 is 4.74 Å². The molecule has 0 fully saturated rings. The summed E-state index contributed by atoms with van der Waals surface area (Å²) in [6, 6.07) is 8.54. The van der Waals surface area contributed by atoms with Crippen LogP contribution in [-0.2, 0) is 0 Å². The molecule has 2 aromatic carbocycles. The van der Waals surface area contributed by atoms with Crippen LogP contribution in [0, 0.1) is 0 Å². The Balaban J connectivity index is 2.30. The molecule has 2 rings (SSSR count). The van der Waals surface area contributed by atoms with Crippen molar-refractivity contribution >= 4 is 40.8 Å². The molecule has 0 saturated heterocycles. The van der Waals surface area contributed by atoms with Crippen molar-refractivity contribution in [3.05, 3.63) is 57.0 Å². The van der Waals surface area contributed by atoms with E-state index in [2.05, 4.69) is 0 Å². The molecule has 0 aliphatic heterocycles. The second kappa shape index (κ2) is 5.70. The number of carbonyl (C=O) groups excluding carboxylic acids is 1. The average molecular weight is 318 g/mol. The zero-order chi connectivity index (χ0) is 14.0. The van der Waals surface area contributed by atoms with Gasteiger partial charge in [-0.05, 0) is 30.3 Å². The first-order valence-electron chi connectivity index (χ1n) is 5.13. The van der Waals surface area contributed by atoms with Gasteiger partial charge in [0.1, 0.15) is 11.3 Å². The van der Waals surface area contributed by atoms with E-state index < -0.39 is 5.97 Å². The number of hydrogen-bond acceptors (Lipinski definition) is 3. The Labute approximate surface area is 124 Å². The van der Waals surface area contributed by atoms with Crippen LogP contribution in [-0.4, -0.2) is 11.1 Å². The number of ether oxygens (including phenoxy) is 1. The largest absolute Gasteiger partial charge is 0.507 e. The Bertz CT molecular complexity index is 641. The molecule has 0 atom stereocenters. The Morgan fingerprint density at radius 2 is 1.63 bits per heavy atom. The second-order valence-corrected chi connectivity index (χ2v) is 4.91. The van der Waals surface area contributed by atoms with Crippen molar-refractivity contribution in [2.45, 2.75) is 0 Å². The number of esters is 1. The molecule has 19 heavy (non-hydrogen) atoms. The van der Waals surface area contributed by atoms with Gasteiger partial charge in [-0.3, -0.25) is 0 Å². The van der Waals surface area contributed by atoms with Crippen LogP contribution in [0.3, 0.4) is 0 Å². The second-order valence-electron chi connectivity index (χ2n) is 3.63. The lowest BCUT2D eigenvalue weighted by Crippen LogP contribution is -2.09. The van der Waals surface area contributed by atoms with E-state index in [0.717, 1.165) is 0 Å². The number of hydrogen-bond donors (Lipinski definition) is 1. The molecule has 0 spiro atoms. The molecule has 2 aromatic rings. The van der Waals surface area contributed by atoms with Crippen molar-refractivity contribution in [2.75, 3.05) is 0 Å². The van der Waals surface area contributed by atoms with E-state index in [1.165, 1.54) is 30.3 Å². The maximum absolute atomic E-state index is 11.9. The zero-order valence-corrected chi connectivity index (χ0v) is 11.6. The molecule has 0 saturated carbocycles. The van der Waals surface area contributed by atoms with E-state index in [-0.39, 0.29) is 22.1 Å².